The number of hydrogen-bond donors (Lipinski definition) is 0. The number of anilines is 1. The third kappa shape index (κ3) is 4.47. The maximum atomic E-state index is 5.85. The average Bonchev–Trinajstić information content (AvgIpc) is 3.08. The number of rotatable bonds is 4. The SMILES string of the molecule is Cc1ccn(-c2ccc(N3CCC(CN4CC(C)OC(C)C4)CC3)nn2)n1. The second-order valence-electron chi connectivity index (χ2n) is 8.06. The van der Waals surface area contributed by atoms with Crippen LogP contribution in [0.25, 0.3) is 5.82 Å². The molecule has 2 aromatic rings. The Morgan fingerprint density at radius 2 is 1.67 bits per heavy atom. The number of hydrogen-bond acceptors (Lipinski definition) is 6. The number of aryl methyl sites for hydroxylation is 1. The third-order valence-electron chi connectivity index (χ3n) is 5.54. The summed E-state index contributed by atoms with van der Waals surface area (Å²) in [6, 6.07) is 6.03. The molecule has 0 N–H and O–H groups in total. The van der Waals surface area contributed by atoms with Gasteiger partial charge < -0.3 is 9.64 Å². The minimum absolute atomic E-state index is 0.348. The summed E-state index contributed by atoms with van der Waals surface area (Å²) in [5.74, 6) is 2.49. The van der Waals surface area contributed by atoms with Crippen molar-refractivity contribution in [1.29, 1.82) is 0 Å². The number of nitrogens with zero attached hydrogens (tertiary/aromatic N) is 6. The van der Waals surface area contributed by atoms with Crippen LogP contribution in [0.1, 0.15) is 32.4 Å². The molecule has 2 unspecified atom stereocenters. The molecule has 0 amide bonds. The Kier molecular flexibility index (Phi) is 5.41. The van der Waals surface area contributed by atoms with Crippen LogP contribution >= 0.6 is 0 Å². The Labute approximate surface area is 161 Å². The second kappa shape index (κ2) is 7.94. The number of piperidine rings is 1. The highest BCUT2D eigenvalue weighted by Crippen LogP contribution is 2.24. The van der Waals surface area contributed by atoms with Gasteiger partial charge in [0.2, 0.25) is 0 Å². The van der Waals surface area contributed by atoms with Crippen LogP contribution in [0.2, 0.25) is 0 Å². The molecule has 2 aliphatic heterocycles. The molecule has 2 atom stereocenters. The number of aromatic nitrogens is 4. The summed E-state index contributed by atoms with van der Waals surface area (Å²) in [7, 11) is 0. The molecule has 146 valence electrons. The lowest BCUT2D eigenvalue weighted by Crippen LogP contribution is -2.48. The lowest BCUT2D eigenvalue weighted by molar-refractivity contribution is -0.0720. The van der Waals surface area contributed by atoms with Gasteiger partial charge in [0.05, 0.1) is 17.9 Å². The molecular weight excluding hydrogens is 340 g/mol. The zero-order valence-corrected chi connectivity index (χ0v) is 16.6. The largest absolute Gasteiger partial charge is 0.373 e. The Balaban J connectivity index is 1.30. The van der Waals surface area contributed by atoms with E-state index in [-0.39, 0.29) is 0 Å². The second-order valence-corrected chi connectivity index (χ2v) is 8.06. The van der Waals surface area contributed by atoms with Gasteiger partial charge in [0, 0.05) is 38.9 Å². The van der Waals surface area contributed by atoms with E-state index >= 15 is 0 Å². The highest BCUT2D eigenvalue weighted by atomic mass is 16.5. The lowest BCUT2D eigenvalue weighted by atomic mass is 9.95. The zero-order valence-electron chi connectivity index (χ0n) is 16.6. The van der Waals surface area contributed by atoms with Gasteiger partial charge in [0.25, 0.3) is 0 Å². The Morgan fingerprint density at radius 3 is 2.26 bits per heavy atom. The molecule has 0 aromatic carbocycles. The van der Waals surface area contributed by atoms with Gasteiger partial charge in [0.15, 0.2) is 11.6 Å². The van der Waals surface area contributed by atoms with Crippen molar-refractivity contribution in [3.8, 4) is 5.82 Å². The van der Waals surface area contributed by atoms with Crippen LogP contribution < -0.4 is 4.90 Å². The Bertz CT molecular complexity index is 727. The summed E-state index contributed by atoms with van der Waals surface area (Å²) < 4.78 is 7.62. The van der Waals surface area contributed by atoms with Crippen molar-refractivity contribution in [1.82, 2.24) is 24.9 Å². The van der Waals surface area contributed by atoms with Crippen LogP contribution in [0.15, 0.2) is 24.4 Å². The van der Waals surface area contributed by atoms with Gasteiger partial charge in [-0.3, -0.25) is 4.90 Å². The molecule has 2 fully saturated rings. The van der Waals surface area contributed by atoms with Gasteiger partial charge in [0.1, 0.15) is 0 Å². The molecule has 0 bridgehead atoms. The van der Waals surface area contributed by atoms with Gasteiger partial charge in [-0.25, -0.2) is 4.68 Å². The fourth-order valence-electron chi connectivity index (χ4n) is 4.29. The van der Waals surface area contributed by atoms with Gasteiger partial charge in [-0.05, 0) is 57.7 Å². The molecule has 2 aromatic heterocycles. The first kappa shape index (κ1) is 18.4. The van der Waals surface area contributed by atoms with Crippen molar-refractivity contribution in [3.63, 3.8) is 0 Å². The molecule has 0 spiro atoms. The van der Waals surface area contributed by atoms with E-state index in [1.165, 1.54) is 19.4 Å². The van der Waals surface area contributed by atoms with E-state index in [9.17, 15) is 0 Å². The van der Waals surface area contributed by atoms with Gasteiger partial charge in [-0.2, -0.15) is 5.10 Å². The topological polar surface area (TPSA) is 59.3 Å². The fourth-order valence-corrected chi connectivity index (χ4v) is 4.29. The van der Waals surface area contributed by atoms with Gasteiger partial charge >= 0.3 is 0 Å². The summed E-state index contributed by atoms with van der Waals surface area (Å²) in [6.45, 7) is 11.7. The van der Waals surface area contributed by atoms with Gasteiger partial charge in [-0.15, -0.1) is 10.2 Å². The van der Waals surface area contributed by atoms with Crippen molar-refractivity contribution >= 4 is 5.82 Å². The Hall–Kier alpha value is -1.99. The molecule has 4 heterocycles. The minimum atomic E-state index is 0.348. The molecule has 7 nitrogen and oxygen atoms in total. The van der Waals surface area contributed by atoms with Crippen molar-refractivity contribution in [2.45, 2.75) is 45.8 Å². The van der Waals surface area contributed by atoms with Crippen molar-refractivity contribution in [2.24, 2.45) is 5.92 Å². The monoisotopic (exact) mass is 370 g/mol. The van der Waals surface area contributed by atoms with Gasteiger partial charge in [-0.1, -0.05) is 0 Å². The first-order valence-corrected chi connectivity index (χ1v) is 10.1. The zero-order chi connectivity index (χ0) is 18.8. The summed E-state index contributed by atoms with van der Waals surface area (Å²) in [5.41, 5.74) is 0.979. The maximum absolute atomic E-state index is 5.85. The molecule has 0 radical (unpaired) electrons. The fraction of sp³-hybridized carbons (Fsp3) is 0.650. The number of morpholine rings is 1. The van der Waals surface area contributed by atoms with E-state index in [0.717, 1.165) is 49.4 Å². The molecule has 2 saturated heterocycles. The maximum Gasteiger partial charge on any atom is 0.175 e. The predicted molar refractivity (Wildman–Crippen MR) is 105 cm³/mol. The number of ether oxygens (including phenoxy) is 1. The first-order valence-electron chi connectivity index (χ1n) is 10.1. The van der Waals surface area contributed by atoms with Crippen molar-refractivity contribution in [2.75, 3.05) is 37.6 Å². The van der Waals surface area contributed by atoms with E-state index in [1.807, 2.05) is 25.3 Å². The standard InChI is InChI=1S/C20H30N6O/c1-15-6-11-26(23-15)20-5-4-19(21-22-20)25-9-7-18(8-10-25)14-24-12-16(2)27-17(3)13-24/h4-6,11,16-18H,7-10,12-14H2,1-3H3. The molecule has 27 heavy (non-hydrogen) atoms. The lowest BCUT2D eigenvalue weighted by Gasteiger charge is -2.39. The summed E-state index contributed by atoms with van der Waals surface area (Å²) >= 11 is 0. The van der Waals surface area contributed by atoms with Crippen molar-refractivity contribution in [3.05, 3.63) is 30.1 Å². The van der Waals surface area contributed by atoms with E-state index in [0.29, 0.717) is 12.2 Å². The molecule has 0 aliphatic carbocycles. The quantitative estimate of drug-likeness (QED) is 0.823. The molecule has 4 rings (SSSR count). The summed E-state index contributed by atoms with van der Waals surface area (Å²) in [6.07, 6.45) is 5.03. The highest BCUT2D eigenvalue weighted by Gasteiger charge is 2.27. The van der Waals surface area contributed by atoms with Crippen molar-refractivity contribution < 1.29 is 4.74 Å². The average molecular weight is 371 g/mol. The van der Waals surface area contributed by atoms with E-state index in [4.69, 9.17) is 4.74 Å². The van der Waals surface area contributed by atoms with Crippen LogP contribution in [0, 0.1) is 12.8 Å². The molecule has 2 aliphatic rings. The summed E-state index contributed by atoms with van der Waals surface area (Å²) in [4.78, 5) is 4.94. The molecular formula is C20H30N6O. The van der Waals surface area contributed by atoms with Crippen LogP contribution in [0.5, 0.6) is 0 Å². The predicted octanol–water partition coefficient (Wildman–Crippen LogP) is 2.30. The van der Waals surface area contributed by atoms with Crippen LogP contribution in [-0.4, -0.2) is 69.8 Å². The normalized spacial score (nSPS) is 25.1. The van der Waals surface area contributed by atoms with Crippen LogP contribution in [-0.2, 0) is 4.74 Å². The summed E-state index contributed by atoms with van der Waals surface area (Å²) in [5, 5.41) is 13.2. The smallest absolute Gasteiger partial charge is 0.175 e. The van der Waals surface area contributed by atoms with E-state index < -0.39 is 0 Å². The van der Waals surface area contributed by atoms with Crippen LogP contribution in [0.4, 0.5) is 5.82 Å². The highest BCUT2D eigenvalue weighted by molar-refractivity contribution is 5.40. The first-order chi connectivity index (χ1) is 13.1. The van der Waals surface area contributed by atoms with E-state index in [2.05, 4.69) is 45.0 Å². The minimum Gasteiger partial charge on any atom is -0.373 e. The third-order valence-corrected chi connectivity index (χ3v) is 5.54. The van der Waals surface area contributed by atoms with Crippen LogP contribution in [0.3, 0.4) is 0 Å². The molecule has 0 saturated carbocycles. The van der Waals surface area contributed by atoms with E-state index in [1.54, 1.807) is 4.68 Å². The Morgan fingerprint density at radius 1 is 1.00 bits per heavy atom. The molecule has 7 heteroatoms.